The third kappa shape index (κ3) is 2.76. The second-order valence-corrected chi connectivity index (χ2v) is 5.48. The second-order valence-electron chi connectivity index (χ2n) is 5.48. The fraction of sp³-hybridized carbons (Fsp3) is 0.923. The lowest BCUT2D eigenvalue weighted by molar-refractivity contribution is -0.163. The predicted octanol–water partition coefficient (Wildman–Crippen LogP) is 2.25. The Bertz CT molecular complexity index is 240. The summed E-state index contributed by atoms with van der Waals surface area (Å²) in [4.78, 5) is 12.1. The zero-order valence-corrected chi connectivity index (χ0v) is 10.3. The molecule has 3 heteroatoms. The second kappa shape index (κ2) is 5.17. The van der Waals surface area contributed by atoms with Gasteiger partial charge in [-0.1, -0.05) is 6.42 Å². The molecule has 0 aromatic heterocycles. The molecule has 2 fully saturated rings. The van der Waals surface area contributed by atoms with Crippen molar-refractivity contribution in [2.45, 2.75) is 58.0 Å². The van der Waals surface area contributed by atoms with E-state index >= 15 is 0 Å². The summed E-state index contributed by atoms with van der Waals surface area (Å²) in [6, 6.07) is 0. The maximum absolute atomic E-state index is 12.1. The standard InChI is InChI=1S/C13H23NO2/c1-13(7-9-14-10-8-13)12(15)16-11-5-3-2-4-6-11/h11,14H,2-10H2,1H3. The van der Waals surface area contributed by atoms with Gasteiger partial charge in [-0.3, -0.25) is 4.79 Å². The Labute approximate surface area is 97.9 Å². The molecule has 1 saturated heterocycles. The highest BCUT2D eigenvalue weighted by Crippen LogP contribution is 2.31. The molecule has 0 aromatic rings. The molecule has 16 heavy (non-hydrogen) atoms. The third-order valence-corrected chi connectivity index (χ3v) is 4.03. The van der Waals surface area contributed by atoms with Crippen LogP contribution in [0.5, 0.6) is 0 Å². The number of nitrogens with one attached hydrogen (secondary N) is 1. The number of hydrogen-bond acceptors (Lipinski definition) is 3. The molecule has 0 atom stereocenters. The van der Waals surface area contributed by atoms with Crippen LogP contribution in [0.3, 0.4) is 0 Å². The van der Waals surface area contributed by atoms with E-state index in [0.717, 1.165) is 38.8 Å². The molecule has 0 spiro atoms. The molecule has 0 unspecified atom stereocenters. The molecule has 2 rings (SSSR count). The first kappa shape index (κ1) is 11.9. The monoisotopic (exact) mass is 225 g/mol. The molecule has 1 aliphatic carbocycles. The van der Waals surface area contributed by atoms with Crippen LogP contribution in [0, 0.1) is 5.41 Å². The molecule has 3 nitrogen and oxygen atoms in total. The molecule has 0 bridgehead atoms. The van der Waals surface area contributed by atoms with Gasteiger partial charge in [-0.05, 0) is 58.5 Å². The first-order chi connectivity index (χ1) is 7.71. The lowest BCUT2D eigenvalue weighted by atomic mass is 9.81. The van der Waals surface area contributed by atoms with Gasteiger partial charge in [0.05, 0.1) is 5.41 Å². The van der Waals surface area contributed by atoms with E-state index in [9.17, 15) is 4.79 Å². The normalized spacial score (nSPS) is 26.3. The van der Waals surface area contributed by atoms with Gasteiger partial charge >= 0.3 is 5.97 Å². The summed E-state index contributed by atoms with van der Waals surface area (Å²) in [5, 5.41) is 3.29. The molecule has 0 radical (unpaired) electrons. The lowest BCUT2D eigenvalue weighted by Crippen LogP contribution is -2.42. The predicted molar refractivity (Wildman–Crippen MR) is 63.2 cm³/mol. The van der Waals surface area contributed by atoms with E-state index in [1.165, 1.54) is 19.3 Å². The van der Waals surface area contributed by atoms with Crippen molar-refractivity contribution in [2.75, 3.05) is 13.1 Å². The topological polar surface area (TPSA) is 38.3 Å². The van der Waals surface area contributed by atoms with E-state index in [0.29, 0.717) is 0 Å². The zero-order valence-electron chi connectivity index (χ0n) is 10.3. The van der Waals surface area contributed by atoms with Crippen LogP contribution in [-0.4, -0.2) is 25.2 Å². The first-order valence-corrected chi connectivity index (χ1v) is 6.62. The Balaban J connectivity index is 1.85. The van der Waals surface area contributed by atoms with E-state index < -0.39 is 0 Å². The zero-order chi connectivity index (χ0) is 11.4. The lowest BCUT2D eigenvalue weighted by Gasteiger charge is -2.34. The smallest absolute Gasteiger partial charge is 0.312 e. The number of rotatable bonds is 2. The van der Waals surface area contributed by atoms with Crippen LogP contribution in [0.15, 0.2) is 0 Å². The van der Waals surface area contributed by atoms with Crippen molar-refractivity contribution in [1.29, 1.82) is 0 Å². The SMILES string of the molecule is CC1(C(=O)OC2CCCCC2)CCNCC1. The summed E-state index contributed by atoms with van der Waals surface area (Å²) >= 11 is 0. The molecule has 1 aliphatic heterocycles. The van der Waals surface area contributed by atoms with Crippen molar-refractivity contribution in [1.82, 2.24) is 5.32 Å². The van der Waals surface area contributed by atoms with Crippen molar-refractivity contribution >= 4 is 5.97 Å². The molecule has 92 valence electrons. The quantitative estimate of drug-likeness (QED) is 0.733. The largest absolute Gasteiger partial charge is 0.462 e. The Morgan fingerprint density at radius 2 is 1.81 bits per heavy atom. The number of carbonyl (C=O) groups is 1. The van der Waals surface area contributed by atoms with Crippen molar-refractivity contribution in [3.05, 3.63) is 0 Å². The summed E-state index contributed by atoms with van der Waals surface area (Å²) in [5.74, 6) is 0.0425. The van der Waals surface area contributed by atoms with E-state index in [4.69, 9.17) is 4.74 Å². The Morgan fingerprint density at radius 3 is 2.44 bits per heavy atom. The van der Waals surface area contributed by atoms with Gasteiger partial charge in [0.2, 0.25) is 0 Å². The Morgan fingerprint density at radius 1 is 1.19 bits per heavy atom. The van der Waals surface area contributed by atoms with Crippen molar-refractivity contribution in [3.8, 4) is 0 Å². The molecule has 1 N–H and O–H groups in total. The number of ether oxygens (including phenoxy) is 1. The Kier molecular flexibility index (Phi) is 3.85. The fourth-order valence-electron chi connectivity index (χ4n) is 2.66. The molecular weight excluding hydrogens is 202 g/mol. The van der Waals surface area contributed by atoms with Gasteiger partial charge in [0.1, 0.15) is 6.10 Å². The molecule has 1 heterocycles. The van der Waals surface area contributed by atoms with Crippen LogP contribution in [0.4, 0.5) is 0 Å². The van der Waals surface area contributed by atoms with E-state index in [1.54, 1.807) is 0 Å². The van der Waals surface area contributed by atoms with Gasteiger partial charge < -0.3 is 10.1 Å². The van der Waals surface area contributed by atoms with Gasteiger partial charge in [-0.25, -0.2) is 0 Å². The number of esters is 1. The molecular formula is C13H23NO2. The first-order valence-electron chi connectivity index (χ1n) is 6.62. The van der Waals surface area contributed by atoms with Gasteiger partial charge in [0.25, 0.3) is 0 Å². The average Bonchev–Trinajstić information content (AvgIpc) is 2.31. The summed E-state index contributed by atoms with van der Waals surface area (Å²) in [6.45, 7) is 3.94. The van der Waals surface area contributed by atoms with Gasteiger partial charge in [0, 0.05) is 0 Å². The van der Waals surface area contributed by atoms with Crippen molar-refractivity contribution in [3.63, 3.8) is 0 Å². The number of piperidine rings is 1. The number of hydrogen-bond donors (Lipinski definition) is 1. The fourth-order valence-corrected chi connectivity index (χ4v) is 2.66. The minimum Gasteiger partial charge on any atom is -0.462 e. The van der Waals surface area contributed by atoms with Crippen LogP contribution in [-0.2, 0) is 9.53 Å². The van der Waals surface area contributed by atoms with Gasteiger partial charge in [-0.2, -0.15) is 0 Å². The van der Waals surface area contributed by atoms with Gasteiger partial charge in [-0.15, -0.1) is 0 Å². The van der Waals surface area contributed by atoms with Crippen LogP contribution in [0.25, 0.3) is 0 Å². The van der Waals surface area contributed by atoms with E-state index in [2.05, 4.69) is 12.2 Å². The van der Waals surface area contributed by atoms with Crippen molar-refractivity contribution < 1.29 is 9.53 Å². The maximum atomic E-state index is 12.1. The van der Waals surface area contributed by atoms with Gasteiger partial charge in [0.15, 0.2) is 0 Å². The molecule has 2 aliphatic rings. The summed E-state index contributed by atoms with van der Waals surface area (Å²) in [6.07, 6.45) is 7.91. The van der Waals surface area contributed by atoms with E-state index in [-0.39, 0.29) is 17.5 Å². The highest BCUT2D eigenvalue weighted by atomic mass is 16.5. The van der Waals surface area contributed by atoms with Crippen molar-refractivity contribution in [2.24, 2.45) is 5.41 Å². The Hall–Kier alpha value is -0.570. The molecule has 1 saturated carbocycles. The number of carbonyl (C=O) groups excluding carboxylic acids is 1. The average molecular weight is 225 g/mol. The maximum Gasteiger partial charge on any atom is 0.312 e. The summed E-state index contributed by atoms with van der Waals surface area (Å²) in [7, 11) is 0. The highest BCUT2D eigenvalue weighted by molar-refractivity contribution is 5.76. The van der Waals surface area contributed by atoms with Crippen LogP contribution >= 0.6 is 0 Å². The molecule has 0 aromatic carbocycles. The molecule has 0 amide bonds. The minimum atomic E-state index is -0.233. The highest BCUT2D eigenvalue weighted by Gasteiger charge is 2.37. The van der Waals surface area contributed by atoms with E-state index in [1.807, 2.05) is 0 Å². The minimum absolute atomic E-state index is 0.0425. The summed E-state index contributed by atoms with van der Waals surface area (Å²) in [5.41, 5.74) is -0.233. The summed E-state index contributed by atoms with van der Waals surface area (Å²) < 4.78 is 5.67. The van der Waals surface area contributed by atoms with Crippen LogP contribution in [0.1, 0.15) is 51.9 Å². The van der Waals surface area contributed by atoms with Crippen LogP contribution in [0.2, 0.25) is 0 Å². The van der Waals surface area contributed by atoms with Crippen LogP contribution < -0.4 is 5.32 Å². The third-order valence-electron chi connectivity index (χ3n) is 4.03.